The van der Waals surface area contributed by atoms with Crippen molar-refractivity contribution in [3.05, 3.63) is 45.9 Å². The summed E-state index contributed by atoms with van der Waals surface area (Å²) in [5.74, 6) is 1.83. The van der Waals surface area contributed by atoms with Crippen molar-refractivity contribution in [2.75, 3.05) is 40.8 Å². The lowest BCUT2D eigenvalue weighted by Crippen LogP contribution is -2.43. The first-order valence-corrected chi connectivity index (χ1v) is 10.7. The number of aliphatic imine (C=N–C) groups is 1. The Hall–Kier alpha value is -1.39. The van der Waals surface area contributed by atoms with Gasteiger partial charge in [0.25, 0.3) is 0 Å². The van der Waals surface area contributed by atoms with Gasteiger partial charge < -0.3 is 15.0 Å². The van der Waals surface area contributed by atoms with Crippen molar-refractivity contribution in [3.8, 4) is 5.75 Å². The molecule has 1 N–H and O–H groups in total. The molecule has 3 rings (SSSR count). The summed E-state index contributed by atoms with van der Waals surface area (Å²) in [6.45, 7) is 5.81. The van der Waals surface area contributed by atoms with Crippen molar-refractivity contribution in [2.24, 2.45) is 4.99 Å². The van der Waals surface area contributed by atoms with E-state index < -0.39 is 0 Å². The van der Waals surface area contributed by atoms with Gasteiger partial charge in [-0.3, -0.25) is 9.89 Å². The minimum absolute atomic E-state index is 0. The van der Waals surface area contributed by atoms with Gasteiger partial charge in [-0.1, -0.05) is 18.2 Å². The zero-order valence-corrected chi connectivity index (χ0v) is 20.9. The lowest BCUT2D eigenvalue weighted by atomic mass is 10.0. The second-order valence-corrected chi connectivity index (χ2v) is 8.21. The summed E-state index contributed by atoms with van der Waals surface area (Å²) in [7, 11) is 5.63. The maximum atomic E-state index is 5.65. The number of thiazole rings is 1. The largest absolute Gasteiger partial charge is 0.496 e. The molecule has 1 aromatic heterocycles. The van der Waals surface area contributed by atoms with Gasteiger partial charge in [-0.25, -0.2) is 4.98 Å². The van der Waals surface area contributed by atoms with E-state index in [1.54, 1.807) is 18.4 Å². The molecule has 6 nitrogen and oxygen atoms in total. The molecule has 1 unspecified atom stereocenters. The van der Waals surface area contributed by atoms with Crippen LogP contribution in [0.3, 0.4) is 0 Å². The Morgan fingerprint density at radius 1 is 1.34 bits per heavy atom. The molecule has 1 fully saturated rings. The van der Waals surface area contributed by atoms with E-state index in [0.717, 1.165) is 48.6 Å². The van der Waals surface area contributed by atoms with E-state index >= 15 is 0 Å². The number of aromatic nitrogens is 1. The molecule has 0 aliphatic carbocycles. The molecular weight excluding hydrogens is 497 g/mol. The van der Waals surface area contributed by atoms with E-state index in [4.69, 9.17) is 4.74 Å². The maximum Gasteiger partial charge on any atom is 0.193 e. The minimum atomic E-state index is 0. The van der Waals surface area contributed by atoms with Gasteiger partial charge in [0, 0.05) is 31.6 Å². The molecule has 160 valence electrons. The van der Waals surface area contributed by atoms with Crippen molar-refractivity contribution >= 4 is 41.3 Å². The van der Waals surface area contributed by atoms with Crippen LogP contribution in [0.2, 0.25) is 0 Å². The van der Waals surface area contributed by atoms with Crippen molar-refractivity contribution in [2.45, 2.75) is 32.4 Å². The fraction of sp³-hybridized carbons (Fsp3) is 0.524. The number of methoxy groups -OCH3 is 1. The normalized spacial score (nSPS) is 15.7. The van der Waals surface area contributed by atoms with E-state index in [-0.39, 0.29) is 30.0 Å². The fourth-order valence-electron chi connectivity index (χ4n) is 3.80. The lowest BCUT2D eigenvalue weighted by molar-refractivity contribution is 0.238. The molecule has 0 amide bonds. The molecule has 0 radical (unpaired) electrons. The molecule has 1 aliphatic rings. The highest BCUT2D eigenvalue weighted by Crippen LogP contribution is 2.31. The summed E-state index contributed by atoms with van der Waals surface area (Å²) in [4.78, 5) is 13.7. The Labute approximate surface area is 195 Å². The molecule has 2 heterocycles. The van der Waals surface area contributed by atoms with Crippen molar-refractivity contribution < 1.29 is 4.74 Å². The van der Waals surface area contributed by atoms with Crippen LogP contribution >= 0.6 is 35.3 Å². The average Bonchev–Trinajstić information content (AvgIpc) is 3.37. The summed E-state index contributed by atoms with van der Waals surface area (Å²) >= 11 is 1.68. The molecule has 1 aromatic carbocycles. The lowest BCUT2D eigenvalue weighted by Gasteiger charge is -2.31. The second-order valence-electron chi connectivity index (χ2n) is 7.14. The number of aryl methyl sites for hydroxylation is 1. The number of rotatable bonds is 7. The third kappa shape index (κ3) is 6.29. The Morgan fingerprint density at radius 2 is 2.07 bits per heavy atom. The SMILES string of the molecule is CN=C(NCC(c1ccccc1OC)N1CCCC1)N(C)Cc1csc(C)n1.I. The van der Waals surface area contributed by atoms with Crippen LogP contribution in [0.4, 0.5) is 0 Å². The number of benzene rings is 1. The van der Waals surface area contributed by atoms with Gasteiger partial charge in [0.2, 0.25) is 0 Å². The van der Waals surface area contributed by atoms with Gasteiger partial charge in [-0.05, 0) is 38.9 Å². The predicted molar refractivity (Wildman–Crippen MR) is 132 cm³/mol. The molecule has 0 spiro atoms. The number of guanidine groups is 1. The van der Waals surface area contributed by atoms with E-state index in [2.05, 4.69) is 49.7 Å². The first-order valence-electron chi connectivity index (χ1n) is 9.82. The Kier molecular flexibility index (Phi) is 9.64. The molecular formula is C21H32IN5OS. The number of para-hydroxylation sites is 1. The molecule has 8 heteroatoms. The highest BCUT2D eigenvalue weighted by molar-refractivity contribution is 14.0. The van der Waals surface area contributed by atoms with Crippen LogP contribution in [-0.2, 0) is 6.54 Å². The highest BCUT2D eigenvalue weighted by Gasteiger charge is 2.26. The quantitative estimate of drug-likeness (QED) is 0.335. The summed E-state index contributed by atoms with van der Waals surface area (Å²) < 4.78 is 5.65. The van der Waals surface area contributed by atoms with Crippen molar-refractivity contribution in [1.29, 1.82) is 0 Å². The van der Waals surface area contributed by atoms with Crippen LogP contribution in [0.15, 0.2) is 34.6 Å². The number of ether oxygens (including phenoxy) is 1. The number of halogens is 1. The molecule has 0 bridgehead atoms. The Balaban J connectivity index is 0.00000300. The maximum absolute atomic E-state index is 5.65. The summed E-state index contributed by atoms with van der Waals surface area (Å²) in [6.07, 6.45) is 2.51. The van der Waals surface area contributed by atoms with Crippen LogP contribution in [0.1, 0.15) is 35.1 Å². The molecule has 1 saturated heterocycles. The molecule has 1 aliphatic heterocycles. The zero-order chi connectivity index (χ0) is 19.9. The van der Waals surface area contributed by atoms with E-state index in [0.29, 0.717) is 0 Å². The summed E-state index contributed by atoms with van der Waals surface area (Å²) in [5, 5.41) is 6.78. The van der Waals surface area contributed by atoms with Gasteiger partial charge in [-0.15, -0.1) is 35.3 Å². The number of hydrogen-bond acceptors (Lipinski definition) is 5. The van der Waals surface area contributed by atoms with Crippen LogP contribution in [0, 0.1) is 6.92 Å². The van der Waals surface area contributed by atoms with Crippen LogP contribution in [-0.4, -0.2) is 61.6 Å². The van der Waals surface area contributed by atoms with Crippen molar-refractivity contribution in [3.63, 3.8) is 0 Å². The van der Waals surface area contributed by atoms with Crippen LogP contribution < -0.4 is 10.1 Å². The second kappa shape index (κ2) is 11.7. The van der Waals surface area contributed by atoms with E-state index in [1.165, 1.54) is 18.4 Å². The monoisotopic (exact) mass is 529 g/mol. The Bertz CT molecular complexity index is 791. The first kappa shape index (κ1) is 23.9. The van der Waals surface area contributed by atoms with Crippen LogP contribution in [0.5, 0.6) is 5.75 Å². The number of nitrogens with one attached hydrogen (secondary N) is 1. The average molecular weight is 529 g/mol. The van der Waals surface area contributed by atoms with Crippen LogP contribution in [0.25, 0.3) is 0 Å². The van der Waals surface area contributed by atoms with Gasteiger partial charge in [0.1, 0.15) is 5.75 Å². The van der Waals surface area contributed by atoms with Gasteiger partial charge in [-0.2, -0.15) is 0 Å². The van der Waals surface area contributed by atoms with E-state index in [1.807, 2.05) is 26.1 Å². The third-order valence-electron chi connectivity index (χ3n) is 5.17. The van der Waals surface area contributed by atoms with Gasteiger partial charge in [0.05, 0.1) is 30.4 Å². The van der Waals surface area contributed by atoms with Gasteiger partial charge in [0.15, 0.2) is 5.96 Å². The predicted octanol–water partition coefficient (Wildman–Crippen LogP) is 3.92. The summed E-state index contributed by atoms with van der Waals surface area (Å²) in [6, 6.07) is 8.59. The smallest absolute Gasteiger partial charge is 0.193 e. The standard InChI is InChI=1S/C21H31N5OS.HI/c1-16-24-17(15-28-16)14-25(3)21(22-2)23-13-19(26-11-7-8-12-26)18-9-5-6-10-20(18)27-4;/h5-6,9-10,15,19H,7-8,11-14H2,1-4H3,(H,22,23);1H. The number of hydrogen-bond donors (Lipinski definition) is 1. The fourth-order valence-corrected chi connectivity index (χ4v) is 4.41. The number of likely N-dealkylation sites (tertiary alicyclic amines) is 1. The zero-order valence-electron chi connectivity index (χ0n) is 17.7. The third-order valence-corrected chi connectivity index (χ3v) is 5.99. The van der Waals surface area contributed by atoms with Crippen molar-refractivity contribution in [1.82, 2.24) is 20.1 Å². The molecule has 29 heavy (non-hydrogen) atoms. The molecule has 1 atom stereocenters. The Morgan fingerprint density at radius 3 is 2.69 bits per heavy atom. The topological polar surface area (TPSA) is 53.0 Å². The number of nitrogens with zero attached hydrogens (tertiary/aromatic N) is 4. The van der Waals surface area contributed by atoms with E-state index in [9.17, 15) is 0 Å². The summed E-state index contributed by atoms with van der Waals surface area (Å²) in [5.41, 5.74) is 2.31. The highest BCUT2D eigenvalue weighted by atomic mass is 127. The minimum Gasteiger partial charge on any atom is -0.496 e. The molecule has 2 aromatic rings. The van der Waals surface area contributed by atoms with Gasteiger partial charge >= 0.3 is 0 Å². The molecule has 0 saturated carbocycles. The first-order chi connectivity index (χ1) is 13.6.